The van der Waals surface area contributed by atoms with E-state index < -0.39 is 0 Å². The van der Waals surface area contributed by atoms with E-state index in [1.54, 1.807) is 47.9 Å². The van der Waals surface area contributed by atoms with Crippen molar-refractivity contribution in [3.8, 4) is 16.3 Å². The average Bonchev–Trinajstić information content (AvgIpc) is 3.32. The summed E-state index contributed by atoms with van der Waals surface area (Å²) in [6, 6.07) is 20.8. The first-order valence-corrected chi connectivity index (χ1v) is 9.68. The second-order valence-electron chi connectivity index (χ2n) is 6.41. The molecule has 0 radical (unpaired) electrons. The molecule has 0 unspecified atom stereocenters. The Morgan fingerprint density at radius 2 is 1.86 bits per heavy atom. The van der Waals surface area contributed by atoms with Crippen LogP contribution in [-0.2, 0) is 0 Å². The van der Waals surface area contributed by atoms with Gasteiger partial charge >= 0.3 is 5.69 Å². The number of aromatic amines is 1. The lowest BCUT2D eigenvalue weighted by molar-refractivity contribution is 0.104. The van der Waals surface area contributed by atoms with E-state index in [9.17, 15) is 9.59 Å². The van der Waals surface area contributed by atoms with E-state index in [1.807, 2.05) is 55.5 Å². The Bertz CT molecular complexity index is 1210. The Labute approximate surface area is 166 Å². The van der Waals surface area contributed by atoms with Gasteiger partial charge in [0.2, 0.25) is 0 Å². The summed E-state index contributed by atoms with van der Waals surface area (Å²) >= 11 is 1.62. The standard InChI is InChI=1S/C23H18N2O2S/c1-16-10-13-22(28-16)20-15-25(23(27)24-20)19-9-5-8-18(14-19)21(26)12-11-17-6-3-2-4-7-17/h2-15H,1H3,(H,24,27)/b12-11+. The first-order chi connectivity index (χ1) is 13.6. The lowest BCUT2D eigenvalue weighted by Gasteiger charge is -2.03. The Balaban J connectivity index is 1.62. The van der Waals surface area contributed by atoms with Crippen LogP contribution in [0.2, 0.25) is 0 Å². The molecule has 5 heteroatoms. The predicted molar refractivity (Wildman–Crippen MR) is 114 cm³/mol. The fourth-order valence-corrected chi connectivity index (χ4v) is 3.77. The highest BCUT2D eigenvalue weighted by molar-refractivity contribution is 7.15. The van der Waals surface area contributed by atoms with Crippen molar-refractivity contribution in [3.05, 3.63) is 105 Å². The number of allylic oxidation sites excluding steroid dienone is 1. The first kappa shape index (κ1) is 17.9. The third-order valence-corrected chi connectivity index (χ3v) is 5.39. The van der Waals surface area contributed by atoms with Crippen LogP contribution in [0.4, 0.5) is 0 Å². The van der Waals surface area contributed by atoms with Crippen molar-refractivity contribution < 1.29 is 4.79 Å². The maximum Gasteiger partial charge on any atom is 0.330 e. The average molecular weight is 386 g/mol. The van der Waals surface area contributed by atoms with Crippen LogP contribution in [-0.4, -0.2) is 15.3 Å². The molecule has 28 heavy (non-hydrogen) atoms. The lowest BCUT2D eigenvalue weighted by Crippen LogP contribution is -2.14. The van der Waals surface area contributed by atoms with Crippen molar-refractivity contribution >= 4 is 23.2 Å². The van der Waals surface area contributed by atoms with Crippen molar-refractivity contribution in [2.75, 3.05) is 0 Å². The Morgan fingerprint density at radius 3 is 2.61 bits per heavy atom. The Kier molecular flexibility index (Phi) is 4.91. The van der Waals surface area contributed by atoms with Gasteiger partial charge in [0, 0.05) is 16.6 Å². The zero-order valence-corrected chi connectivity index (χ0v) is 16.1. The maximum absolute atomic E-state index is 12.5. The van der Waals surface area contributed by atoms with Gasteiger partial charge in [-0.2, -0.15) is 0 Å². The minimum atomic E-state index is -0.231. The number of nitrogens with zero attached hydrogens (tertiary/aromatic N) is 1. The van der Waals surface area contributed by atoms with Crippen molar-refractivity contribution in [3.63, 3.8) is 0 Å². The number of hydrogen-bond acceptors (Lipinski definition) is 3. The number of ketones is 1. The van der Waals surface area contributed by atoms with Gasteiger partial charge in [-0.25, -0.2) is 4.79 Å². The van der Waals surface area contributed by atoms with Crippen LogP contribution in [0.5, 0.6) is 0 Å². The van der Waals surface area contributed by atoms with Gasteiger partial charge in [0.05, 0.1) is 16.3 Å². The van der Waals surface area contributed by atoms with E-state index in [4.69, 9.17) is 0 Å². The molecule has 0 amide bonds. The van der Waals surface area contributed by atoms with Gasteiger partial charge in [0.1, 0.15) is 0 Å². The van der Waals surface area contributed by atoms with Gasteiger partial charge in [0.15, 0.2) is 5.78 Å². The molecule has 0 aliphatic carbocycles. The van der Waals surface area contributed by atoms with Gasteiger partial charge in [0.25, 0.3) is 0 Å². The van der Waals surface area contributed by atoms with Gasteiger partial charge < -0.3 is 4.98 Å². The van der Waals surface area contributed by atoms with Crippen LogP contribution in [0.25, 0.3) is 22.3 Å². The highest BCUT2D eigenvalue weighted by Crippen LogP contribution is 2.26. The van der Waals surface area contributed by atoms with Crippen LogP contribution < -0.4 is 5.69 Å². The van der Waals surface area contributed by atoms with E-state index in [1.165, 1.54) is 9.44 Å². The Morgan fingerprint density at radius 1 is 1.04 bits per heavy atom. The fourth-order valence-electron chi connectivity index (χ4n) is 2.93. The molecular formula is C23H18N2O2S. The number of rotatable bonds is 5. The molecule has 4 aromatic rings. The quantitative estimate of drug-likeness (QED) is 0.383. The minimum Gasteiger partial charge on any atom is -0.305 e. The summed E-state index contributed by atoms with van der Waals surface area (Å²) in [6.45, 7) is 2.03. The highest BCUT2D eigenvalue weighted by Gasteiger charge is 2.10. The molecular weight excluding hydrogens is 368 g/mol. The van der Waals surface area contributed by atoms with Gasteiger partial charge in [-0.1, -0.05) is 48.5 Å². The molecule has 0 saturated heterocycles. The number of carbonyl (C=O) groups excluding carboxylic acids is 1. The van der Waals surface area contributed by atoms with Crippen LogP contribution >= 0.6 is 11.3 Å². The minimum absolute atomic E-state index is 0.108. The van der Waals surface area contributed by atoms with E-state index in [0.29, 0.717) is 11.3 Å². The van der Waals surface area contributed by atoms with E-state index in [-0.39, 0.29) is 11.5 Å². The largest absolute Gasteiger partial charge is 0.330 e. The molecule has 2 aromatic carbocycles. The molecule has 1 N–H and O–H groups in total. The summed E-state index contributed by atoms with van der Waals surface area (Å²) in [5, 5.41) is 0. The SMILES string of the molecule is Cc1ccc(-c2cn(-c3cccc(C(=O)/C=C/c4ccccc4)c3)c(=O)[nH]2)s1. The number of aromatic nitrogens is 2. The third-order valence-electron chi connectivity index (χ3n) is 4.36. The normalized spacial score (nSPS) is 11.2. The molecule has 2 heterocycles. The zero-order chi connectivity index (χ0) is 19.5. The smallest absolute Gasteiger partial charge is 0.305 e. The molecule has 138 valence electrons. The molecule has 0 fully saturated rings. The number of H-pyrrole nitrogens is 1. The van der Waals surface area contributed by atoms with Gasteiger partial charge in [-0.15, -0.1) is 11.3 Å². The summed E-state index contributed by atoms with van der Waals surface area (Å²) in [4.78, 5) is 30.0. The topological polar surface area (TPSA) is 54.9 Å². The molecule has 0 atom stereocenters. The van der Waals surface area contributed by atoms with Crippen molar-refractivity contribution in [2.24, 2.45) is 0 Å². The summed E-state index contributed by atoms with van der Waals surface area (Å²) in [7, 11) is 0. The number of nitrogens with one attached hydrogen (secondary N) is 1. The van der Waals surface area contributed by atoms with Crippen molar-refractivity contribution in [1.29, 1.82) is 0 Å². The number of aryl methyl sites for hydroxylation is 1. The number of hydrogen-bond donors (Lipinski definition) is 1. The lowest BCUT2D eigenvalue weighted by atomic mass is 10.1. The van der Waals surface area contributed by atoms with Crippen LogP contribution in [0.1, 0.15) is 20.8 Å². The second-order valence-corrected chi connectivity index (χ2v) is 7.70. The monoisotopic (exact) mass is 386 g/mol. The third kappa shape index (κ3) is 3.80. The Hall–Kier alpha value is -3.44. The van der Waals surface area contributed by atoms with Crippen LogP contribution in [0.3, 0.4) is 0 Å². The van der Waals surface area contributed by atoms with Crippen molar-refractivity contribution in [1.82, 2.24) is 9.55 Å². The molecule has 4 rings (SSSR count). The predicted octanol–water partition coefficient (Wildman–Crippen LogP) is 5.10. The summed E-state index contributed by atoms with van der Waals surface area (Å²) in [6.07, 6.45) is 5.11. The fraction of sp³-hybridized carbons (Fsp3) is 0.0435. The second kappa shape index (κ2) is 7.66. The van der Waals surface area contributed by atoms with Crippen molar-refractivity contribution in [2.45, 2.75) is 6.92 Å². The van der Waals surface area contributed by atoms with Gasteiger partial charge in [-0.3, -0.25) is 9.36 Å². The molecule has 0 spiro atoms. The zero-order valence-electron chi connectivity index (χ0n) is 15.3. The molecule has 0 bridgehead atoms. The molecule has 0 aliphatic rings. The summed E-state index contributed by atoms with van der Waals surface area (Å²) in [5.74, 6) is -0.108. The summed E-state index contributed by atoms with van der Waals surface area (Å²) < 4.78 is 1.53. The summed E-state index contributed by atoms with van der Waals surface area (Å²) in [5.41, 5.74) is 2.69. The molecule has 4 nitrogen and oxygen atoms in total. The molecule has 0 aliphatic heterocycles. The maximum atomic E-state index is 12.5. The van der Waals surface area contributed by atoms with E-state index >= 15 is 0 Å². The number of carbonyl (C=O) groups is 1. The number of thiophene rings is 1. The first-order valence-electron chi connectivity index (χ1n) is 8.86. The molecule has 2 aromatic heterocycles. The number of benzene rings is 2. The highest BCUT2D eigenvalue weighted by atomic mass is 32.1. The molecule has 0 saturated carbocycles. The van der Waals surface area contributed by atoms with E-state index in [0.717, 1.165) is 16.1 Å². The van der Waals surface area contributed by atoms with Gasteiger partial charge in [-0.05, 0) is 42.8 Å². The number of imidazole rings is 1. The van der Waals surface area contributed by atoms with Crippen LogP contribution in [0.15, 0.2) is 83.8 Å². The van der Waals surface area contributed by atoms with Crippen LogP contribution in [0, 0.1) is 6.92 Å². The van der Waals surface area contributed by atoms with E-state index in [2.05, 4.69) is 4.98 Å².